The first kappa shape index (κ1) is 18.3. The highest BCUT2D eigenvalue weighted by Gasteiger charge is 2.36. The highest BCUT2D eigenvalue weighted by atomic mass is 35.5. The van der Waals surface area contributed by atoms with Crippen LogP contribution in [0.4, 0.5) is 0 Å². The highest BCUT2D eigenvalue weighted by Crippen LogP contribution is 2.29. The Bertz CT molecular complexity index is 985. The molecule has 1 aliphatic heterocycles. The van der Waals surface area contributed by atoms with Gasteiger partial charge in [0.1, 0.15) is 10.7 Å². The molecule has 1 fully saturated rings. The first-order chi connectivity index (χ1) is 11.6. The van der Waals surface area contributed by atoms with E-state index in [1.807, 2.05) is 29.3 Å². The van der Waals surface area contributed by atoms with Gasteiger partial charge in [0.05, 0.1) is 16.3 Å². The van der Waals surface area contributed by atoms with Crippen molar-refractivity contribution in [3.63, 3.8) is 0 Å². The fraction of sp³-hybridized carbons (Fsp3) is 0.333. The summed E-state index contributed by atoms with van der Waals surface area (Å²) in [5.74, 6) is 0.732. The van der Waals surface area contributed by atoms with Crippen LogP contribution in [0.3, 0.4) is 0 Å². The number of hydrogen-bond donors (Lipinski definition) is 1. The Balaban J connectivity index is 0.00000182. The summed E-state index contributed by atoms with van der Waals surface area (Å²) in [5.41, 5.74) is 0.819. The molecule has 0 saturated carbocycles. The number of piperazine rings is 1. The quantitative estimate of drug-likeness (QED) is 0.726. The van der Waals surface area contributed by atoms with E-state index in [9.17, 15) is 8.42 Å². The second kappa shape index (κ2) is 7.00. The number of aromatic nitrogens is 3. The molecule has 0 spiro atoms. The van der Waals surface area contributed by atoms with Gasteiger partial charge in [-0.05, 0) is 17.5 Å². The number of nitrogens with zero attached hydrogens (tertiary/aromatic N) is 4. The summed E-state index contributed by atoms with van der Waals surface area (Å²) in [6.45, 7) is 1.57. The van der Waals surface area contributed by atoms with E-state index in [1.54, 1.807) is 12.3 Å². The van der Waals surface area contributed by atoms with Crippen molar-refractivity contribution in [1.82, 2.24) is 24.2 Å². The standard InChI is InChI=1S/C15H17N5O2S2.ClH/c1-19-5-4-17-15(19)13-10-16-3-6-20(13)24(21,22)11-8-14-12(18-9-11)2-7-23-14;/h2,4-5,7-9,13,16H,3,6,10H2,1H3;1H. The van der Waals surface area contributed by atoms with Gasteiger partial charge in [-0.25, -0.2) is 13.4 Å². The van der Waals surface area contributed by atoms with Gasteiger partial charge in [0.2, 0.25) is 10.0 Å². The number of thiophene rings is 1. The molecule has 134 valence electrons. The molecule has 1 N–H and O–H groups in total. The predicted octanol–water partition coefficient (Wildman–Crippen LogP) is 1.79. The Morgan fingerprint density at radius 3 is 2.96 bits per heavy atom. The molecule has 3 aromatic heterocycles. The molecule has 0 radical (unpaired) electrons. The maximum atomic E-state index is 13.2. The van der Waals surface area contributed by atoms with Gasteiger partial charge in [-0.2, -0.15) is 4.31 Å². The molecule has 0 aromatic carbocycles. The summed E-state index contributed by atoms with van der Waals surface area (Å²) in [7, 11) is -1.76. The van der Waals surface area contributed by atoms with Crippen molar-refractivity contribution in [3.05, 3.63) is 41.9 Å². The van der Waals surface area contributed by atoms with Crippen LogP contribution in [0, 0.1) is 0 Å². The van der Waals surface area contributed by atoms with Crippen molar-refractivity contribution in [2.24, 2.45) is 7.05 Å². The van der Waals surface area contributed by atoms with E-state index in [4.69, 9.17) is 0 Å². The van der Waals surface area contributed by atoms with Gasteiger partial charge in [0, 0.05) is 45.3 Å². The number of fused-ring (bicyclic) bond motifs is 1. The number of nitrogens with one attached hydrogen (secondary N) is 1. The van der Waals surface area contributed by atoms with E-state index in [0.29, 0.717) is 19.6 Å². The van der Waals surface area contributed by atoms with Gasteiger partial charge in [-0.1, -0.05) is 0 Å². The van der Waals surface area contributed by atoms with E-state index >= 15 is 0 Å². The maximum Gasteiger partial charge on any atom is 0.245 e. The van der Waals surface area contributed by atoms with Crippen LogP contribution in [0.5, 0.6) is 0 Å². The van der Waals surface area contributed by atoms with Crippen LogP contribution in [0.15, 0.2) is 41.0 Å². The Hall–Kier alpha value is -1.52. The minimum atomic E-state index is -3.64. The van der Waals surface area contributed by atoms with Crippen LogP contribution in [-0.2, 0) is 17.1 Å². The Morgan fingerprint density at radius 2 is 2.20 bits per heavy atom. The summed E-state index contributed by atoms with van der Waals surface area (Å²) in [5, 5.41) is 5.17. The smallest absolute Gasteiger partial charge is 0.245 e. The lowest BCUT2D eigenvalue weighted by atomic mass is 10.2. The fourth-order valence-corrected chi connectivity index (χ4v) is 5.41. The summed E-state index contributed by atoms with van der Waals surface area (Å²) in [4.78, 5) is 8.85. The number of imidazole rings is 1. The maximum absolute atomic E-state index is 13.2. The largest absolute Gasteiger partial charge is 0.337 e. The van der Waals surface area contributed by atoms with Gasteiger partial charge < -0.3 is 9.88 Å². The molecule has 4 heterocycles. The van der Waals surface area contributed by atoms with Crippen molar-refractivity contribution in [3.8, 4) is 0 Å². The Labute approximate surface area is 156 Å². The molecule has 3 aromatic rings. The second-order valence-electron chi connectivity index (χ2n) is 5.71. The molecular weight excluding hydrogens is 382 g/mol. The summed E-state index contributed by atoms with van der Waals surface area (Å²) < 4.78 is 30.7. The molecule has 10 heteroatoms. The second-order valence-corrected chi connectivity index (χ2v) is 8.55. The van der Waals surface area contributed by atoms with E-state index in [1.165, 1.54) is 21.8 Å². The SMILES string of the molecule is Cl.Cn1ccnc1C1CNCCN1S(=O)(=O)c1cnc2ccsc2c1. The van der Waals surface area contributed by atoms with Crippen LogP contribution < -0.4 is 5.32 Å². The summed E-state index contributed by atoms with van der Waals surface area (Å²) >= 11 is 1.49. The van der Waals surface area contributed by atoms with Crippen molar-refractivity contribution in [2.45, 2.75) is 10.9 Å². The first-order valence-corrected chi connectivity index (χ1v) is 9.92. The van der Waals surface area contributed by atoms with Gasteiger partial charge >= 0.3 is 0 Å². The minimum Gasteiger partial charge on any atom is -0.337 e. The van der Waals surface area contributed by atoms with E-state index < -0.39 is 10.0 Å². The predicted molar refractivity (Wildman–Crippen MR) is 99.6 cm³/mol. The van der Waals surface area contributed by atoms with Crippen molar-refractivity contribution >= 4 is 44.0 Å². The van der Waals surface area contributed by atoms with Gasteiger partial charge in [-0.15, -0.1) is 23.7 Å². The summed E-state index contributed by atoms with van der Waals surface area (Å²) in [6, 6.07) is 3.26. The lowest BCUT2D eigenvalue weighted by Crippen LogP contribution is -2.49. The molecule has 4 rings (SSSR count). The third-order valence-electron chi connectivity index (χ3n) is 4.23. The Morgan fingerprint density at radius 1 is 1.36 bits per heavy atom. The number of aryl methyl sites for hydroxylation is 1. The van der Waals surface area contributed by atoms with Crippen LogP contribution in [-0.4, -0.2) is 46.9 Å². The van der Waals surface area contributed by atoms with Gasteiger partial charge in [0.15, 0.2) is 0 Å². The fourth-order valence-electron chi connectivity index (χ4n) is 3.00. The molecule has 1 saturated heterocycles. The van der Waals surface area contributed by atoms with Crippen molar-refractivity contribution in [2.75, 3.05) is 19.6 Å². The average Bonchev–Trinajstić information content (AvgIpc) is 3.22. The van der Waals surface area contributed by atoms with Crippen LogP contribution in [0.2, 0.25) is 0 Å². The summed E-state index contributed by atoms with van der Waals surface area (Å²) in [6.07, 6.45) is 4.96. The lowest BCUT2D eigenvalue weighted by molar-refractivity contribution is 0.258. The number of hydrogen-bond acceptors (Lipinski definition) is 6. The molecule has 25 heavy (non-hydrogen) atoms. The topological polar surface area (TPSA) is 80.1 Å². The number of sulfonamides is 1. The average molecular weight is 400 g/mol. The van der Waals surface area contributed by atoms with Crippen LogP contribution in [0.1, 0.15) is 11.9 Å². The van der Waals surface area contributed by atoms with Crippen molar-refractivity contribution < 1.29 is 8.42 Å². The minimum absolute atomic E-state index is 0. The highest BCUT2D eigenvalue weighted by molar-refractivity contribution is 7.89. The number of halogens is 1. The molecule has 1 atom stereocenters. The van der Waals surface area contributed by atoms with E-state index in [2.05, 4.69) is 15.3 Å². The van der Waals surface area contributed by atoms with E-state index in [-0.39, 0.29) is 23.3 Å². The monoisotopic (exact) mass is 399 g/mol. The zero-order valence-corrected chi connectivity index (χ0v) is 15.9. The van der Waals surface area contributed by atoms with Crippen LogP contribution in [0.25, 0.3) is 10.2 Å². The van der Waals surface area contributed by atoms with E-state index in [0.717, 1.165) is 16.0 Å². The number of pyridine rings is 1. The molecular formula is C15H18ClN5O2S2. The zero-order chi connectivity index (χ0) is 16.7. The molecule has 0 aliphatic carbocycles. The Kier molecular flexibility index (Phi) is 5.12. The number of rotatable bonds is 3. The third-order valence-corrected chi connectivity index (χ3v) is 6.96. The normalized spacial score (nSPS) is 19.0. The third kappa shape index (κ3) is 3.18. The van der Waals surface area contributed by atoms with Crippen molar-refractivity contribution in [1.29, 1.82) is 0 Å². The lowest BCUT2D eigenvalue weighted by Gasteiger charge is -2.34. The zero-order valence-electron chi connectivity index (χ0n) is 13.5. The molecule has 7 nitrogen and oxygen atoms in total. The van der Waals surface area contributed by atoms with Gasteiger partial charge in [-0.3, -0.25) is 4.98 Å². The molecule has 0 bridgehead atoms. The van der Waals surface area contributed by atoms with Crippen LogP contribution >= 0.6 is 23.7 Å². The van der Waals surface area contributed by atoms with Gasteiger partial charge in [0.25, 0.3) is 0 Å². The molecule has 0 amide bonds. The first-order valence-electron chi connectivity index (χ1n) is 7.60. The molecule has 1 unspecified atom stereocenters. The molecule has 1 aliphatic rings.